The predicted molar refractivity (Wildman–Crippen MR) is 68.3 cm³/mol. The van der Waals surface area contributed by atoms with Gasteiger partial charge in [-0.2, -0.15) is 0 Å². The lowest BCUT2D eigenvalue weighted by Gasteiger charge is -2.09. The van der Waals surface area contributed by atoms with E-state index in [1.807, 2.05) is 0 Å². The van der Waals surface area contributed by atoms with Crippen LogP contribution < -0.4 is 4.74 Å². The third-order valence-electron chi connectivity index (χ3n) is 2.69. The van der Waals surface area contributed by atoms with Crippen molar-refractivity contribution < 1.29 is 22.7 Å². The molecule has 0 aliphatic rings. The molecule has 0 aliphatic heterocycles. The molecule has 2 nitrogen and oxygen atoms in total. The van der Waals surface area contributed by atoms with Crippen molar-refractivity contribution in [1.29, 1.82) is 0 Å². The summed E-state index contributed by atoms with van der Waals surface area (Å²) in [6.07, 6.45) is 0.599. The summed E-state index contributed by atoms with van der Waals surface area (Å²) in [6.45, 7) is 2.15. The molecule has 0 N–H and O–H groups in total. The fraction of sp³-hybridized carbons (Fsp3) is 0.133. The van der Waals surface area contributed by atoms with Gasteiger partial charge < -0.3 is 4.74 Å². The highest BCUT2D eigenvalue weighted by Gasteiger charge is 2.12. The van der Waals surface area contributed by atoms with Crippen LogP contribution in [0.15, 0.2) is 30.3 Å². The SMILES string of the molecule is CCOc1cc(C=O)cc(-c2cc(F)c(F)c(F)c2)c1. The molecule has 0 saturated carbocycles. The molecular weight excluding hydrogens is 269 g/mol. The third kappa shape index (κ3) is 2.82. The highest BCUT2D eigenvalue weighted by Crippen LogP contribution is 2.28. The van der Waals surface area contributed by atoms with E-state index in [9.17, 15) is 18.0 Å². The molecule has 2 rings (SSSR count). The van der Waals surface area contributed by atoms with Gasteiger partial charge in [0, 0.05) is 5.56 Å². The zero-order valence-electron chi connectivity index (χ0n) is 10.6. The van der Waals surface area contributed by atoms with Crippen LogP contribution >= 0.6 is 0 Å². The van der Waals surface area contributed by atoms with Crippen LogP contribution in [0.2, 0.25) is 0 Å². The Hall–Kier alpha value is -2.30. The molecule has 0 unspecified atom stereocenters. The fourth-order valence-corrected chi connectivity index (χ4v) is 1.83. The number of aldehydes is 1. The topological polar surface area (TPSA) is 26.3 Å². The van der Waals surface area contributed by atoms with Crippen molar-refractivity contribution in [2.45, 2.75) is 6.92 Å². The Balaban J connectivity index is 2.56. The lowest BCUT2D eigenvalue weighted by atomic mass is 10.0. The molecule has 20 heavy (non-hydrogen) atoms. The first-order chi connectivity index (χ1) is 9.55. The quantitative estimate of drug-likeness (QED) is 0.625. The lowest BCUT2D eigenvalue weighted by molar-refractivity contribution is 0.112. The van der Waals surface area contributed by atoms with Crippen LogP contribution in [-0.4, -0.2) is 12.9 Å². The van der Waals surface area contributed by atoms with Crippen LogP contribution in [0.1, 0.15) is 17.3 Å². The van der Waals surface area contributed by atoms with Crippen molar-refractivity contribution in [2.24, 2.45) is 0 Å². The minimum Gasteiger partial charge on any atom is -0.494 e. The molecule has 0 aromatic heterocycles. The Labute approximate surface area is 113 Å². The maximum atomic E-state index is 13.2. The largest absolute Gasteiger partial charge is 0.494 e. The van der Waals surface area contributed by atoms with Gasteiger partial charge in [-0.25, -0.2) is 13.2 Å². The van der Waals surface area contributed by atoms with Crippen LogP contribution in [0, 0.1) is 17.5 Å². The molecule has 0 bridgehead atoms. The van der Waals surface area contributed by atoms with Gasteiger partial charge in [0.1, 0.15) is 12.0 Å². The van der Waals surface area contributed by atoms with Crippen molar-refractivity contribution in [2.75, 3.05) is 6.61 Å². The van der Waals surface area contributed by atoms with E-state index in [-0.39, 0.29) is 5.56 Å². The summed E-state index contributed by atoms with van der Waals surface area (Å²) in [7, 11) is 0. The molecule has 5 heteroatoms. The van der Waals surface area contributed by atoms with Crippen molar-refractivity contribution in [3.8, 4) is 16.9 Å². The second-order valence-corrected chi connectivity index (χ2v) is 4.10. The van der Waals surface area contributed by atoms with Crippen LogP contribution in [0.5, 0.6) is 5.75 Å². The molecule has 0 heterocycles. The summed E-state index contributed by atoms with van der Waals surface area (Å²) in [5.74, 6) is -3.69. The average Bonchev–Trinajstić information content (AvgIpc) is 2.44. The number of rotatable bonds is 4. The second-order valence-electron chi connectivity index (χ2n) is 4.10. The Morgan fingerprint density at radius 3 is 2.15 bits per heavy atom. The standard InChI is InChI=1S/C15H11F3O2/c1-2-20-12-4-9(8-19)3-10(5-12)11-6-13(16)15(18)14(17)7-11/h3-8H,2H2,1H3. The number of hydrogen-bond acceptors (Lipinski definition) is 2. The van der Waals surface area contributed by atoms with Gasteiger partial charge in [-0.15, -0.1) is 0 Å². The molecule has 0 spiro atoms. The average molecular weight is 280 g/mol. The van der Waals surface area contributed by atoms with Gasteiger partial charge in [0.15, 0.2) is 17.5 Å². The maximum absolute atomic E-state index is 13.2. The third-order valence-corrected chi connectivity index (χ3v) is 2.69. The van der Waals surface area contributed by atoms with Crippen LogP contribution in [-0.2, 0) is 0 Å². The van der Waals surface area contributed by atoms with Crippen molar-refractivity contribution >= 4 is 6.29 Å². The monoisotopic (exact) mass is 280 g/mol. The lowest BCUT2D eigenvalue weighted by Crippen LogP contribution is -1.95. The number of halogens is 3. The Morgan fingerprint density at radius 1 is 1.00 bits per heavy atom. The van der Waals surface area contributed by atoms with Crippen molar-refractivity contribution in [1.82, 2.24) is 0 Å². The predicted octanol–water partition coefficient (Wildman–Crippen LogP) is 3.98. The minimum atomic E-state index is -1.52. The molecule has 0 fully saturated rings. The molecule has 0 amide bonds. The first-order valence-corrected chi connectivity index (χ1v) is 5.93. The van der Waals surface area contributed by atoms with Crippen molar-refractivity contribution in [3.05, 3.63) is 53.3 Å². The molecule has 104 valence electrons. The van der Waals surface area contributed by atoms with Crippen molar-refractivity contribution in [3.63, 3.8) is 0 Å². The summed E-state index contributed by atoms with van der Waals surface area (Å²) in [5, 5.41) is 0. The first kappa shape index (κ1) is 14.1. The minimum absolute atomic E-state index is 0.131. The van der Waals surface area contributed by atoms with Gasteiger partial charge in [0.25, 0.3) is 0 Å². The van der Waals surface area contributed by atoms with E-state index < -0.39 is 17.5 Å². The summed E-state index contributed by atoms with van der Waals surface area (Å²) < 4.78 is 44.7. The normalized spacial score (nSPS) is 10.4. The summed E-state index contributed by atoms with van der Waals surface area (Å²) in [4.78, 5) is 10.9. The van der Waals surface area contributed by atoms with Gasteiger partial charge in [-0.1, -0.05) is 0 Å². The highest BCUT2D eigenvalue weighted by atomic mass is 19.2. The molecule has 2 aromatic carbocycles. The molecule has 0 saturated heterocycles. The van der Waals surface area contributed by atoms with Crippen LogP contribution in [0.25, 0.3) is 11.1 Å². The molecule has 2 aromatic rings. The number of carbonyl (C=O) groups is 1. The Bertz CT molecular complexity index is 631. The number of hydrogen-bond donors (Lipinski definition) is 0. The first-order valence-electron chi connectivity index (χ1n) is 5.93. The zero-order chi connectivity index (χ0) is 14.7. The highest BCUT2D eigenvalue weighted by molar-refractivity contribution is 5.80. The Kier molecular flexibility index (Phi) is 4.08. The number of carbonyl (C=O) groups excluding carboxylic acids is 1. The molecular formula is C15H11F3O2. The van der Waals surface area contributed by atoms with E-state index in [4.69, 9.17) is 4.74 Å². The summed E-state index contributed by atoms with van der Waals surface area (Å²) in [5.41, 5.74) is 0.804. The number of benzene rings is 2. The van der Waals surface area contributed by atoms with Gasteiger partial charge >= 0.3 is 0 Å². The fourth-order valence-electron chi connectivity index (χ4n) is 1.83. The summed E-state index contributed by atoms with van der Waals surface area (Å²) >= 11 is 0. The van der Waals surface area contributed by atoms with E-state index in [1.165, 1.54) is 18.2 Å². The van der Waals surface area contributed by atoms with Crippen LogP contribution in [0.4, 0.5) is 13.2 Å². The van der Waals surface area contributed by atoms with Gasteiger partial charge in [0.2, 0.25) is 0 Å². The molecule has 0 aliphatic carbocycles. The maximum Gasteiger partial charge on any atom is 0.194 e. The van der Waals surface area contributed by atoms with E-state index in [2.05, 4.69) is 0 Å². The zero-order valence-corrected chi connectivity index (χ0v) is 10.6. The second kappa shape index (κ2) is 5.77. The van der Waals surface area contributed by atoms with E-state index in [0.29, 0.717) is 29.8 Å². The van der Waals surface area contributed by atoms with Gasteiger partial charge in [-0.3, -0.25) is 4.79 Å². The van der Waals surface area contributed by atoms with Gasteiger partial charge in [-0.05, 0) is 48.4 Å². The summed E-state index contributed by atoms with van der Waals surface area (Å²) in [6, 6.07) is 6.23. The number of ether oxygens (including phenoxy) is 1. The van der Waals surface area contributed by atoms with E-state index in [1.54, 1.807) is 6.92 Å². The van der Waals surface area contributed by atoms with Crippen LogP contribution in [0.3, 0.4) is 0 Å². The molecule has 0 atom stereocenters. The van der Waals surface area contributed by atoms with E-state index in [0.717, 1.165) is 12.1 Å². The smallest absolute Gasteiger partial charge is 0.194 e. The van der Waals surface area contributed by atoms with Gasteiger partial charge in [0.05, 0.1) is 6.61 Å². The Morgan fingerprint density at radius 2 is 1.60 bits per heavy atom. The molecule has 0 radical (unpaired) electrons. The van der Waals surface area contributed by atoms with E-state index >= 15 is 0 Å².